The number of benzene rings is 1. The Labute approximate surface area is 157 Å². The molecule has 0 amide bonds. The summed E-state index contributed by atoms with van der Waals surface area (Å²) in [6.45, 7) is 6.67. The normalized spacial score (nSPS) is 15.8. The Bertz CT molecular complexity index is 421. The molecule has 0 atom stereocenters. The van der Waals surface area contributed by atoms with Gasteiger partial charge in [0.1, 0.15) is 0 Å². The Kier molecular flexibility index (Phi) is 12.1. The van der Waals surface area contributed by atoms with E-state index in [1.54, 1.807) is 0 Å². The second-order valence-electron chi connectivity index (χ2n) is 6.34. The van der Waals surface area contributed by atoms with E-state index in [2.05, 4.69) is 45.0 Å². The van der Waals surface area contributed by atoms with Crippen LogP contribution in [0, 0.1) is 6.07 Å². The van der Waals surface area contributed by atoms with E-state index in [0.717, 1.165) is 5.56 Å². The first-order valence-corrected chi connectivity index (χ1v) is 7.12. The van der Waals surface area contributed by atoms with Gasteiger partial charge >= 0.3 is 21.7 Å². The van der Waals surface area contributed by atoms with Crippen LogP contribution >= 0.6 is 0 Å². The molecule has 0 spiro atoms. The summed E-state index contributed by atoms with van der Waals surface area (Å²) in [5, 5.41) is 0. The van der Waals surface area contributed by atoms with Gasteiger partial charge in [0.2, 0.25) is 0 Å². The number of aliphatic imine (C=N–C) groups is 1. The van der Waals surface area contributed by atoms with Crippen LogP contribution in [0.15, 0.2) is 23.2 Å². The average Bonchev–Trinajstić information content (AvgIpc) is 2.37. The molecule has 1 aromatic carbocycles. The van der Waals surface area contributed by atoms with Crippen LogP contribution in [-0.4, -0.2) is 12.3 Å². The zero-order chi connectivity index (χ0) is 13.0. The Hall–Kier alpha value is 0.184. The van der Waals surface area contributed by atoms with E-state index >= 15 is 0 Å². The molecule has 0 bridgehead atoms. The SMILES string of the molecule is CC(C)(C)c1[c-]c(C=NC2CCCCC2)ccc1.[Cl-].[Cl-].[Ti+3]. The van der Waals surface area contributed by atoms with Gasteiger partial charge in [-0.15, -0.1) is 35.4 Å². The molecule has 0 aromatic heterocycles. The number of rotatable bonds is 2. The standard InChI is InChI=1S/C17H24N.2ClH.Ti/c1-17(2,3)15-9-7-8-14(12-15)13-18-16-10-5-4-6-11-16;;;/h7-9,13,16H,4-6,10-11H2,1-3H3;2*1H;/q-1;;;+3/p-2. The summed E-state index contributed by atoms with van der Waals surface area (Å²) in [6, 6.07) is 10.4. The van der Waals surface area contributed by atoms with Gasteiger partial charge in [0, 0.05) is 6.04 Å². The van der Waals surface area contributed by atoms with Gasteiger partial charge in [-0.1, -0.05) is 46.2 Å². The van der Waals surface area contributed by atoms with Crippen LogP contribution in [-0.2, 0) is 27.1 Å². The van der Waals surface area contributed by atoms with E-state index in [1.165, 1.54) is 37.7 Å². The molecule has 1 aliphatic rings. The molecule has 1 aromatic rings. The minimum Gasteiger partial charge on any atom is -1.00 e. The van der Waals surface area contributed by atoms with Gasteiger partial charge < -0.3 is 29.8 Å². The maximum absolute atomic E-state index is 4.72. The van der Waals surface area contributed by atoms with Crippen LogP contribution in [0.2, 0.25) is 0 Å². The van der Waals surface area contributed by atoms with Gasteiger partial charge in [0.05, 0.1) is 0 Å². The third kappa shape index (κ3) is 7.84. The number of nitrogens with zero attached hydrogens (tertiary/aromatic N) is 1. The van der Waals surface area contributed by atoms with Gasteiger partial charge in [0.15, 0.2) is 0 Å². The summed E-state index contributed by atoms with van der Waals surface area (Å²) in [4.78, 5) is 4.72. The maximum Gasteiger partial charge on any atom is 3.00 e. The van der Waals surface area contributed by atoms with Crippen LogP contribution in [0.3, 0.4) is 0 Å². The third-order valence-electron chi connectivity index (χ3n) is 3.62. The predicted molar refractivity (Wildman–Crippen MR) is 78.4 cm³/mol. The quantitative estimate of drug-likeness (QED) is 0.347. The van der Waals surface area contributed by atoms with Gasteiger partial charge in [0.25, 0.3) is 0 Å². The average molecular weight is 361 g/mol. The van der Waals surface area contributed by atoms with Gasteiger partial charge in [-0.25, -0.2) is 0 Å². The topological polar surface area (TPSA) is 12.4 Å². The van der Waals surface area contributed by atoms with E-state index in [9.17, 15) is 0 Å². The minimum absolute atomic E-state index is 0. The van der Waals surface area contributed by atoms with E-state index < -0.39 is 0 Å². The molecule has 21 heavy (non-hydrogen) atoms. The van der Waals surface area contributed by atoms with Gasteiger partial charge in [-0.2, -0.15) is 0 Å². The number of hydrogen-bond donors (Lipinski definition) is 0. The monoisotopic (exact) mass is 360 g/mol. The Balaban J connectivity index is 0. The van der Waals surface area contributed by atoms with Crippen molar-refractivity contribution in [3.05, 3.63) is 35.4 Å². The second-order valence-corrected chi connectivity index (χ2v) is 6.34. The van der Waals surface area contributed by atoms with Crippen LogP contribution in [0.25, 0.3) is 0 Å². The van der Waals surface area contributed by atoms with Crippen LogP contribution < -0.4 is 24.8 Å². The summed E-state index contributed by atoms with van der Waals surface area (Å²) >= 11 is 0. The molecule has 1 saturated carbocycles. The van der Waals surface area contributed by atoms with Crippen LogP contribution in [0.4, 0.5) is 0 Å². The zero-order valence-corrected chi connectivity index (χ0v) is 16.2. The Morgan fingerprint density at radius 1 is 1.10 bits per heavy atom. The number of halogens is 2. The molecule has 1 fully saturated rings. The molecule has 4 heteroatoms. The van der Waals surface area contributed by atoms with Crippen molar-refractivity contribution < 1.29 is 46.5 Å². The molecule has 1 radical (unpaired) electrons. The summed E-state index contributed by atoms with van der Waals surface area (Å²) in [6.07, 6.45) is 8.61. The third-order valence-corrected chi connectivity index (χ3v) is 3.62. The van der Waals surface area contributed by atoms with Gasteiger partial charge in [-0.3, -0.25) is 0 Å². The largest absolute Gasteiger partial charge is 3.00 e. The first kappa shape index (κ1) is 23.5. The summed E-state index contributed by atoms with van der Waals surface area (Å²) in [5.41, 5.74) is 2.54. The first-order valence-electron chi connectivity index (χ1n) is 7.12. The molecule has 2 rings (SSSR count). The van der Waals surface area contributed by atoms with Crippen molar-refractivity contribution in [2.45, 2.75) is 64.3 Å². The second kappa shape index (κ2) is 10.8. The molecule has 0 saturated heterocycles. The Morgan fingerprint density at radius 3 is 2.29 bits per heavy atom. The van der Waals surface area contributed by atoms with Crippen molar-refractivity contribution in [1.29, 1.82) is 0 Å². The minimum atomic E-state index is 0. The van der Waals surface area contributed by atoms with Crippen molar-refractivity contribution in [2.24, 2.45) is 4.99 Å². The van der Waals surface area contributed by atoms with Crippen molar-refractivity contribution in [3.63, 3.8) is 0 Å². The summed E-state index contributed by atoms with van der Waals surface area (Å²) in [7, 11) is 0. The molecular weight excluding hydrogens is 337 g/mol. The van der Waals surface area contributed by atoms with E-state index in [4.69, 9.17) is 4.99 Å². The van der Waals surface area contributed by atoms with Crippen molar-refractivity contribution in [1.82, 2.24) is 0 Å². The van der Waals surface area contributed by atoms with Gasteiger partial charge in [-0.05, 0) is 18.3 Å². The molecule has 115 valence electrons. The summed E-state index contributed by atoms with van der Waals surface area (Å²) < 4.78 is 0. The fourth-order valence-electron chi connectivity index (χ4n) is 2.42. The maximum atomic E-state index is 4.72. The number of hydrogen-bond acceptors (Lipinski definition) is 1. The van der Waals surface area contributed by atoms with E-state index in [1.807, 2.05) is 6.21 Å². The van der Waals surface area contributed by atoms with Crippen LogP contribution in [0.1, 0.15) is 64.0 Å². The van der Waals surface area contributed by atoms with Crippen LogP contribution in [0.5, 0.6) is 0 Å². The molecular formula is C17H24Cl2NTi. The fourth-order valence-corrected chi connectivity index (χ4v) is 2.42. The fraction of sp³-hybridized carbons (Fsp3) is 0.588. The predicted octanol–water partition coefficient (Wildman–Crippen LogP) is -1.46. The molecule has 1 nitrogen and oxygen atoms in total. The van der Waals surface area contributed by atoms with Crippen molar-refractivity contribution in [3.8, 4) is 0 Å². The van der Waals surface area contributed by atoms with Crippen molar-refractivity contribution in [2.75, 3.05) is 0 Å². The molecule has 0 heterocycles. The van der Waals surface area contributed by atoms with Crippen molar-refractivity contribution >= 4 is 6.21 Å². The van der Waals surface area contributed by atoms with E-state index in [0.29, 0.717) is 6.04 Å². The molecule has 1 aliphatic carbocycles. The Morgan fingerprint density at radius 2 is 1.71 bits per heavy atom. The molecule has 0 aliphatic heterocycles. The van der Waals surface area contributed by atoms with E-state index in [-0.39, 0.29) is 51.9 Å². The molecule has 0 unspecified atom stereocenters. The first-order chi connectivity index (χ1) is 8.55. The molecule has 0 N–H and O–H groups in total. The summed E-state index contributed by atoms with van der Waals surface area (Å²) in [5.74, 6) is 0. The smallest absolute Gasteiger partial charge is 1.00 e. The zero-order valence-electron chi connectivity index (χ0n) is 13.1.